The number of nitrogens with zero attached hydrogens (tertiary/aromatic N) is 5. The molecule has 2 aromatic heterocycles. The summed E-state index contributed by atoms with van der Waals surface area (Å²) in [7, 11) is -3.30. The summed E-state index contributed by atoms with van der Waals surface area (Å²) in [5.41, 5.74) is 0.818. The minimum Gasteiger partial charge on any atom is -0.308 e. The molecule has 1 atom stereocenters. The molecule has 0 aliphatic carbocycles. The van der Waals surface area contributed by atoms with Crippen LogP contribution in [-0.4, -0.2) is 56.5 Å². The Morgan fingerprint density at radius 2 is 2.03 bits per heavy atom. The highest BCUT2D eigenvalue weighted by Crippen LogP contribution is 2.26. The predicted molar refractivity (Wildman–Crippen MR) is 104 cm³/mol. The number of hydrogen-bond acceptors (Lipinski definition) is 6. The van der Waals surface area contributed by atoms with Crippen molar-refractivity contribution in [3.05, 3.63) is 51.8 Å². The number of aromatic amines is 1. The van der Waals surface area contributed by atoms with Crippen LogP contribution >= 0.6 is 0 Å². The summed E-state index contributed by atoms with van der Waals surface area (Å²) < 4.78 is 40.5. The first-order chi connectivity index (χ1) is 13.9. The summed E-state index contributed by atoms with van der Waals surface area (Å²) >= 11 is 0. The first-order valence-corrected chi connectivity index (χ1v) is 11.0. The van der Waals surface area contributed by atoms with Crippen LogP contribution in [0.5, 0.6) is 0 Å². The van der Waals surface area contributed by atoms with E-state index in [1.54, 1.807) is 19.1 Å². The van der Waals surface area contributed by atoms with Gasteiger partial charge in [-0.15, -0.1) is 5.10 Å². The van der Waals surface area contributed by atoms with Crippen LogP contribution in [0.15, 0.2) is 29.1 Å². The summed E-state index contributed by atoms with van der Waals surface area (Å²) in [6.07, 6.45) is 1.42. The molecule has 0 radical (unpaired) electrons. The van der Waals surface area contributed by atoms with Crippen LogP contribution in [0.25, 0.3) is 11.2 Å². The lowest BCUT2D eigenvalue weighted by Crippen LogP contribution is -2.40. The van der Waals surface area contributed by atoms with E-state index in [-0.39, 0.29) is 36.1 Å². The second kappa shape index (κ2) is 7.64. The van der Waals surface area contributed by atoms with Crippen LogP contribution in [0.4, 0.5) is 4.39 Å². The van der Waals surface area contributed by atoms with Gasteiger partial charge in [-0.25, -0.2) is 26.8 Å². The number of piperidine rings is 1. The third-order valence-corrected chi connectivity index (χ3v) is 7.01. The average molecular weight is 420 g/mol. The van der Waals surface area contributed by atoms with Crippen LogP contribution in [-0.2, 0) is 16.6 Å². The predicted octanol–water partition coefficient (Wildman–Crippen LogP) is 1.23. The minimum atomic E-state index is -3.30. The van der Waals surface area contributed by atoms with E-state index in [0.717, 1.165) is 12.0 Å². The number of H-pyrrole nitrogens is 1. The summed E-state index contributed by atoms with van der Waals surface area (Å²) in [5, 5.41) is 7.92. The number of sulfonamides is 1. The fraction of sp³-hybridized carbons (Fsp3) is 0.444. The number of halogens is 1. The van der Waals surface area contributed by atoms with Gasteiger partial charge in [-0.2, -0.15) is 0 Å². The van der Waals surface area contributed by atoms with Gasteiger partial charge in [0.05, 0.1) is 12.3 Å². The van der Waals surface area contributed by atoms with E-state index in [9.17, 15) is 17.6 Å². The van der Waals surface area contributed by atoms with Crippen molar-refractivity contribution in [3.8, 4) is 0 Å². The SMILES string of the molecule is CCS(=O)(=O)N1CCCC(c2nc3c(nnn3Cc3ccc(F)cc3)c(=O)[nH]2)C1. The molecule has 1 N–H and O–H groups in total. The zero-order valence-electron chi connectivity index (χ0n) is 15.9. The molecule has 154 valence electrons. The summed E-state index contributed by atoms with van der Waals surface area (Å²) in [5.74, 6) is -0.0766. The Labute approximate surface area is 166 Å². The normalized spacial score (nSPS) is 18.3. The topological polar surface area (TPSA) is 114 Å². The first-order valence-electron chi connectivity index (χ1n) is 9.43. The van der Waals surface area contributed by atoms with Crippen LogP contribution in [0.3, 0.4) is 0 Å². The van der Waals surface area contributed by atoms with Crippen molar-refractivity contribution in [2.75, 3.05) is 18.8 Å². The summed E-state index contributed by atoms with van der Waals surface area (Å²) in [6.45, 7) is 2.66. The van der Waals surface area contributed by atoms with Crippen molar-refractivity contribution in [2.24, 2.45) is 0 Å². The fourth-order valence-corrected chi connectivity index (χ4v) is 4.73. The molecule has 3 aromatic rings. The summed E-state index contributed by atoms with van der Waals surface area (Å²) in [6, 6.07) is 5.97. The van der Waals surface area contributed by atoms with Gasteiger partial charge in [-0.05, 0) is 37.5 Å². The Morgan fingerprint density at radius 3 is 2.76 bits per heavy atom. The molecule has 1 fully saturated rings. The molecule has 0 saturated carbocycles. The standard InChI is InChI=1S/C18H21FN6O3S/c1-2-29(27,28)24-9-3-4-13(11-24)16-20-17-15(18(26)21-16)22-23-25(17)10-12-5-7-14(19)8-6-12/h5-8,13H,2-4,9-11H2,1H3,(H,20,21,26). The highest BCUT2D eigenvalue weighted by molar-refractivity contribution is 7.89. The maximum Gasteiger partial charge on any atom is 0.281 e. The number of hydrogen-bond donors (Lipinski definition) is 1. The maximum atomic E-state index is 13.1. The monoisotopic (exact) mass is 420 g/mol. The van der Waals surface area contributed by atoms with Gasteiger partial charge < -0.3 is 4.98 Å². The Hall–Kier alpha value is -2.66. The lowest BCUT2D eigenvalue weighted by molar-refractivity contribution is 0.309. The van der Waals surface area contributed by atoms with Crippen molar-refractivity contribution >= 4 is 21.2 Å². The van der Waals surface area contributed by atoms with Gasteiger partial charge in [0.15, 0.2) is 11.2 Å². The third-order valence-electron chi connectivity index (χ3n) is 5.17. The molecule has 1 aliphatic rings. The van der Waals surface area contributed by atoms with Gasteiger partial charge >= 0.3 is 0 Å². The van der Waals surface area contributed by atoms with E-state index in [1.807, 2.05) is 0 Å². The van der Waals surface area contributed by atoms with Gasteiger partial charge in [-0.1, -0.05) is 17.3 Å². The quantitative estimate of drug-likeness (QED) is 0.664. The smallest absolute Gasteiger partial charge is 0.281 e. The number of fused-ring (bicyclic) bond motifs is 1. The molecule has 3 heterocycles. The van der Waals surface area contributed by atoms with Crippen LogP contribution < -0.4 is 5.56 Å². The van der Waals surface area contributed by atoms with Gasteiger partial charge in [0.1, 0.15) is 11.6 Å². The molecule has 0 bridgehead atoms. The highest BCUT2D eigenvalue weighted by atomic mass is 32.2. The molecular weight excluding hydrogens is 399 g/mol. The van der Waals surface area contributed by atoms with E-state index in [4.69, 9.17) is 0 Å². The Morgan fingerprint density at radius 1 is 1.28 bits per heavy atom. The van der Waals surface area contributed by atoms with Crippen molar-refractivity contribution in [1.29, 1.82) is 0 Å². The molecule has 11 heteroatoms. The lowest BCUT2D eigenvalue weighted by Gasteiger charge is -2.31. The van der Waals surface area contributed by atoms with Crippen LogP contribution in [0, 0.1) is 5.82 Å². The Kier molecular flexibility index (Phi) is 5.17. The first kappa shape index (κ1) is 19.6. The zero-order valence-corrected chi connectivity index (χ0v) is 16.7. The molecule has 1 aromatic carbocycles. The van der Waals surface area contributed by atoms with Crippen molar-refractivity contribution < 1.29 is 12.8 Å². The van der Waals surface area contributed by atoms with Crippen LogP contribution in [0.2, 0.25) is 0 Å². The Bertz CT molecular complexity index is 1190. The second-order valence-electron chi connectivity index (χ2n) is 7.09. The van der Waals surface area contributed by atoms with Crippen LogP contribution in [0.1, 0.15) is 37.1 Å². The molecule has 1 unspecified atom stereocenters. The van der Waals surface area contributed by atoms with E-state index in [1.165, 1.54) is 21.1 Å². The van der Waals surface area contributed by atoms with Crippen molar-refractivity contribution in [1.82, 2.24) is 29.3 Å². The maximum absolute atomic E-state index is 13.1. The third kappa shape index (κ3) is 3.92. The number of aromatic nitrogens is 5. The van der Waals surface area contributed by atoms with E-state index < -0.39 is 15.6 Å². The van der Waals surface area contributed by atoms with Gasteiger partial charge in [0.2, 0.25) is 10.0 Å². The van der Waals surface area contributed by atoms with E-state index >= 15 is 0 Å². The molecule has 9 nitrogen and oxygen atoms in total. The van der Waals surface area contributed by atoms with Gasteiger partial charge in [0.25, 0.3) is 5.56 Å². The molecule has 1 saturated heterocycles. The largest absolute Gasteiger partial charge is 0.308 e. The van der Waals surface area contributed by atoms with E-state index in [0.29, 0.717) is 24.4 Å². The zero-order chi connectivity index (χ0) is 20.6. The minimum absolute atomic E-state index is 0.0388. The number of benzene rings is 1. The molecule has 29 heavy (non-hydrogen) atoms. The van der Waals surface area contributed by atoms with Gasteiger partial charge in [0, 0.05) is 19.0 Å². The molecule has 0 amide bonds. The van der Waals surface area contributed by atoms with Crippen molar-refractivity contribution in [2.45, 2.75) is 32.2 Å². The van der Waals surface area contributed by atoms with Crippen molar-refractivity contribution in [3.63, 3.8) is 0 Å². The lowest BCUT2D eigenvalue weighted by atomic mass is 9.99. The molecule has 0 spiro atoms. The number of nitrogens with one attached hydrogen (secondary N) is 1. The van der Waals surface area contributed by atoms with Gasteiger partial charge in [-0.3, -0.25) is 4.79 Å². The van der Waals surface area contributed by atoms with E-state index in [2.05, 4.69) is 20.3 Å². The molecule has 4 rings (SSSR count). The Balaban J connectivity index is 1.67. The average Bonchev–Trinajstić information content (AvgIpc) is 3.13. The molecular formula is C18H21FN6O3S. The second-order valence-corrected chi connectivity index (χ2v) is 9.35. The summed E-state index contributed by atoms with van der Waals surface area (Å²) in [4.78, 5) is 19.8. The highest BCUT2D eigenvalue weighted by Gasteiger charge is 2.30. The molecule has 1 aliphatic heterocycles. The fourth-order valence-electron chi connectivity index (χ4n) is 3.55. The number of rotatable bonds is 5.